The summed E-state index contributed by atoms with van der Waals surface area (Å²) in [5, 5.41) is 12.6. The van der Waals surface area contributed by atoms with Gasteiger partial charge < -0.3 is 10.2 Å². The number of nitriles is 1. The van der Waals surface area contributed by atoms with Gasteiger partial charge in [-0.1, -0.05) is 0 Å². The summed E-state index contributed by atoms with van der Waals surface area (Å²) >= 11 is 0. The van der Waals surface area contributed by atoms with Crippen molar-refractivity contribution in [2.45, 2.75) is 31.2 Å². The highest BCUT2D eigenvalue weighted by atomic mass is 15.2. The molecule has 0 radical (unpaired) electrons. The number of hydrogen-bond acceptors (Lipinski definition) is 3. The minimum absolute atomic E-state index is 0.288. The minimum atomic E-state index is -0.288. The van der Waals surface area contributed by atoms with Crippen molar-refractivity contribution in [3.8, 4) is 6.07 Å². The molecule has 2 rings (SSSR count). The number of hydrogen-bond donors (Lipinski definition) is 1. The maximum Gasteiger partial charge on any atom is 0.122 e. The fourth-order valence-corrected chi connectivity index (χ4v) is 2.40. The van der Waals surface area contributed by atoms with Crippen molar-refractivity contribution < 1.29 is 0 Å². The molecule has 0 heterocycles. The summed E-state index contributed by atoms with van der Waals surface area (Å²) < 4.78 is 0. The fourth-order valence-electron chi connectivity index (χ4n) is 2.40. The van der Waals surface area contributed by atoms with Gasteiger partial charge in [-0.25, -0.2) is 0 Å². The summed E-state index contributed by atoms with van der Waals surface area (Å²) in [7, 11) is 4.07. The van der Waals surface area contributed by atoms with Gasteiger partial charge in [-0.2, -0.15) is 5.26 Å². The van der Waals surface area contributed by atoms with Crippen molar-refractivity contribution in [3.05, 3.63) is 0 Å². The average Bonchev–Trinajstić information content (AvgIpc) is 3.04. The molecule has 3 heteroatoms. The quantitative estimate of drug-likeness (QED) is 0.712. The summed E-state index contributed by atoms with van der Waals surface area (Å²) in [4.78, 5) is 2.33. The van der Waals surface area contributed by atoms with Gasteiger partial charge in [0, 0.05) is 13.1 Å². The first-order chi connectivity index (χ1) is 7.20. The Hall–Kier alpha value is -0.590. The van der Waals surface area contributed by atoms with Crippen molar-refractivity contribution in [2.24, 2.45) is 11.8 Å². The van der Waals surface area contributed by atoms with E-state index in [1.807, 2.05) is 7.05 Å². The van der Waals surface area contributed by atoms with E-state index in [4.69, 9.17) is 0 Å². The molecule has 15 heavy (non-hydrogen) atoms. The highest BCUT2D eigenvalue weighted by molar-refractivity contribution is 5.16. The molecule has 0 bridgehead atoms. The molecular weight excluding hydrogens is 186 g/mol. The summed E-state index contributed by atoms with van der Waals surface area (Å²) in [6.45, 7) is 2.04. The van der Waals surface area contributed by atoms with Crippen LogP contribution in [0.3, 0.4) is 0 Å². The predicted octanol–water partition coefficient (Wildman–Crippen LogP) is 1.22. The number of rotatable bonds is 6. The monoisotopic (exact) mass is 207 g/mol. The minimum Gasteiger partial charge on any atom is -0.303 e. The van der Waals surface area contributed by atoms with Gasteiger partial charge in [-0.05, 0) is 51.6 Å². The van der Waals surface area contributed by atoms with Gasteiger partial charge in [0.2, 0.25) is 0 Å². The first-order valence-electron chi connectivity index (χ1n) is 5.99. The lowest BCUT2D eigenvalue weighted by Gasteiger charge is -2.31. The van der Waals surface area contributed by atoms with Gasteiger partial charge in [0.15, 0.2) is 0 Å². The zero-order chi connectivity index (χ0) is 10.9. The molecule has 2 aliphatic rings. The number of nitrogens with zero attached hydrogens (tertiary/aromatic N) is 2. The maximum absolute atomic E-state index is 9.35. The zero-order valence-corrected chi connectivity index (χ0v) is 9.79. The number of likely N-dealkylation sites (N-methyl/N-ethyl adjacent to an activating group) is 2. The van der Waals surface area contributed by atoms with Crippen molar-refractivity contribution in [1.82, 2.24) is 10.2 Å². The van der Waals surface area contributed by atoms with Crippen LogP contribution in [-0.4, -0.2) is 37.6 Å². The Kier molecular flexibility index (Phi) is 2.99. The molecule has 0 aromatic rings. The average molecular weight is 207 g/mol. The molecular formula is C12H21N3. The van der Waals surface area contributed by atoms with Crippen LogP contribution in [0, 0.1) is 23.2 Å². The summed E-state index contributed by atoms with van der Waals surface area (Å²) in [5.74, 6) is 1.48. The van der Waals surface area contributed by atoms with Crippen LogP contribution in [0.4, 0.5) is 0 Å². The van der Waals surface area contributed by atoms with Crippen LogP contribution < -0.4 is 5.32 Å². The Morgan fingerprint density at radius 3 is 2.47 bits per heavy atom. The third-order valence-corrected chi connectivity index (χ3v) is 3.71. The van der Waals surface area contributed by atoms with E-state index in [0.717, 1.165) is 19.0 Å². The van der Waals surface area contributed by atoms with Crippen molar-refractivity contribution >= 4 is 0 Å². The van der Waals surface area contributed by atoms with Gasteiger partial charge in [0.25, 0.3) is 0 Å². The first kappa shape index (κ1) is 10.9. The standard InChI is InChI=1S/C12H21N3/c1-14-12(8-13,11-5-6-11)9-15(2)7-10-3-4-10/h10-11,14H,3-7,9H2,1-2H3. The van der Waals surface area contributed by atoms with Crippen LogP contribution in [0.1, 0.15) is 25.7 Å². The van der Waals surface area contributed by atoms with Crippen LogP contribution in [0.15, 0.2) is 0 Å². The van der Waals surface area contributed by atoms with E-state index in [2.05, 4.69) is 23.3 Å². The molecule has 0 saturated heterocycles. The van der Waals surface area contributed by atoms with Crippen molar-refractivity contribution in [2.75, 3.05) is 27.2 Å². The van der Waals surface area contributed by atoms with E-state index in [0.29, 0.717) is 5.92 Å². The smallest absolute Gasteiger partial charge is 0.122 e. The van der Waals surface area contributed by atoms with Gasteiger partial charge >= 0.3 is 0 Å². The Balaban J connectivity index is 1.89. The maximum atomic E-state index is 9.35. The van der Waals surface area contributed by atoms with Crippen molar-refractivity contribution in [1.29, 1.82) is 5.26 Å². The second kappa shape index (κ2) is 4.11. The molecule has 0 spiro atoms. The highest BCUT2D eigenvalue weighted by Gasteiger charge is 2.45. The van der Waals surface area contributed by atoms with E-state index in [9.17, 15) is 5.26 Å². The van der Waals surface area contributed by atoms with E-state index in [1.165, 1.54) is 25.7 Å². The lowest BCUT2D eigenvalue weighted by molar-refractivity contribution is 0.230. The molecule has 2 aliphatic carbocycles. The Bertz CT molecular complexity index is 263. The topological polar surface area (TPSA) is 39.1 Å². The van der Waals surface area contributed by atoms with E-state index in [1.54, 1.807) is 0 Å². The van der Waals surface area contributed by atoms with Crippen LogP contribution in [0.25, 0.3) is 0 Å². The summed E-state index contributed by atoms with van der Waals surface area (Å²) in [5.41, 5.74) is -0.288. The van der Waals surface area contributed by atoms with Gasteiger partial charge in [0.05, 0.1) is 6.07 Å². The molecule has 84 valence electrons. The molecule has 0 amide bonds. The molecule has 1 atom stereocenters. The van der Waals surface area contributed by atoms with Crippen LogP contribution >= 0.6 is 0 Å². The molecule has 0 aliphatic heterocycles. The third-order valence-electron chi connectivity index (χ3n) is 3.71. The van der Waals surface area contributed by atoms with Crippen LogP contribution in [0.2, 0.25) is 0 Å². The summed E-state index contributed by atoms with van der Waals surface area (Å²) in [6, 6.07) is 2.50. The normalized spacial score (nSPS) is 24.9. The molecule has 0 aromatic heterocycles. The lowest BCUT2D eigenvalue weighted by atomic mass is 9.94. The van der Waals surface area contributed by atoms with Gasteiger partial charge in [-0.3, -0.25) is 0 Å². The Labute approximate surface area is 92.4 Å². The van der Waals surface area contributed by atoms with Crippen LogP contribution in [0.5, 0.6) is 0 Å². The molecule has 1 unspecified atom stereocenters. The van der Waals surface area contributed by atoms with E-state index < -0.39 is 0 Å². The van der Waals surface area contributed by atoms with Gasteiger partial charge in [0.1, 0.15) is 5.54 Å². The Morgan fingerprint density at radius 2 is 2.07 bits per heavy atom. The third kappa shape index (κ3) is 2.50. The SMILES string of the molecule is CNC(C#N)(CN(C)CC1CC1)C1CC1. The second-order valence-corrected chi connectivity index (χ2v) is 5.25. The second-order valence-electron chi connectivity index (χ2n) is 5.25. The molecule has 3 nitrogen and oxygen atoms in total. The lowest BCUT2D eigenvalue weighted by Crippen LogP contribution is -2.52. The van der Waals surface area contributed by atoms with E-state index in [-0.39, 0.29) is 5.54 Å². The number of nitrogens with one attached hydrogen (secondary N) is 1. The van der Waals surface area contributed by atoms with E-state index >= 15 is 0 Å². The summed E-state index contributed by atoms with van der Waals surface area (Å²) in [6.07, 6.45) is 5.19. The zero-order valence-electron chi connectivity index (χ0n) is 9.79. The highest BCUT2D eigenvalue weighted by Crippen LogP contribution is 2.40. The molecule has 1 N–H and O–H groups in total. The van der Waals surface area contributed by atoms with Gasteiger partial charge in [-0.15, -0.1) is 0 Å². The van der Waals surface area contributed by atoms with Crippen LogP contribution in [-0.2, 0) is 0 Å². The van der Waals surface area contributed by atoms with Crippen molar-refractivity contribution in [3.63, 3.8) is 0 Å². The first-order valence-corrected chi connectivity index (χ1v) is 5.99. The predicted molar refractivity (Wildman–Crippen MR) is 60.3 cm³/mol. The Morgan fingerprint density at radius 1 is 1.40 bits per heavy atom. The molecule has 0 aromatic carbocycles. The molecule has 2 fully saturated rings. The fraction of sp³-hybridized carbons (Fsp3) is 0.917. The molecule has 2 saturated carbocycles. The largest absolute Gasteiger partial charge is 0.303 e.